The molecule has 2 aromatic rings. The summed E-state index contributed by atoms with van der Waals surface area (Å²) in [5, 5.41) is 11.5. The zero-order valence-electron chi connectivity index (χ0n) is 18.4. The van der Waals surface area contributed by atoms with E-state index >= 15 is 0 Å². The number of hydrogen-bond donors (Lipinski definition) is 1. The van der Waals surface area contributed by atoms with Crippen molar-refractivity contribution in [2.75, 3.05) is 31.1 Å². The van der Waals surface area contributed by atoms with Crippen molar-refractivity contribution in [3.8, 4) is 0 Å². The van der Waals surface area contributed by atoms with Crippen LogP contribution in [0.25, 0.3) is 0 Å². The summed E-state index contributed by atoms with van der Waals surface area (Å²) in [6, 6.07) is 0. The van der Waals surface area contributed by atoms with E-state index in [2.05, 4.69) is 38.7 Å². The third-order valence-electron chi connectivity index (χ3n) is 6.75. The fourth-order valence-corrected chi connectivity index (χ4v) is 4.91. The molecule has 4 heterocycles. The first-order valence-electron chi connectivity index (χ1n) is 10.8. The molecule has 0 spiro atoms. The third-order valence-corrected chi connectivity index (χ3v) is 6.75. The quantitative estimate of drug-likeness (QED) is 0.770. The van der Waals surface area contributed by atoms with Gasteiger partial charge in [0.2, 0.25) is 0 Å². The molecule has 0 aromatic carbocycles. The average Bonchev–Trinajstić information content (AvgIpc) is 3.01. The molecule has 0 atom stereocenters. The van der Waals surface area contributed by atoms with Crippen molar-refractivity contribution < 1.29 is 9.90 Å². The molecule has 2 fully saturated rings. The number of piperidine rings is 2. The predicted molar refractivity (Wildman–Crippen MR) is 116 cm³/mol. The Labute approximate surface area is 178 Å². The summed E-state index contributed by atoms with van der Waals surface area (Å²) in [6.45, 7) is 9.83. The van der Waals surface area contributed by atoms with Crippen LogP contribution in [-0.4, -0.2) is 62.4 Å². The van der Waals surface area contributed by atoms with E-state index in [-0.39, 0.29) is 6.47 Å². The highest BCUT2D eigenvalue weighted by Crippen LogP contribution is 2.34. The number of aromatic nitrogens is 4. The first kappa shape index (κ1) is 22.2. The predicted octanol–water partition coefficient (Wildman–Crippen LogP) is 2.66. The van der Waals surface area contributed by atoms with Crippen molar-refractivity contribution in [1.82, 2.24) is 24.6 Å². The molecule has 4 rings (SSSR count). The number of hydrogen-bond acceptors (Lipinski definition) is 6. The minimum atomic E-state index is -0.250. The van der Waals surface area contributed by atoms with Crippen molar-refractivity contribution in [2.45, 2.75) is 46.1 Å². The number of rotatable bonds is 4. The summed E-state index contributed by atoms with van der Waals surface area (Å²) in [6.07, 6.45) is 10.7. The van der Waals surface area contributed by atoms with E-state index < -0.39 is 0 Å². The van der Waals surface area contributed by atoms with Gasteiger partial charge in [0.15, 0.2) is 0 Å². The van der Waals surface area contributed by atoms with Gasteiger partial charge in [-0.1, -0.05) is 0 Å². The Kier molecular flexibility index (Phi) is 7.79. The Bertz CT molecular complexity index is 793. The van der Waals surface area contributed by atoms with Gasteiger partial charge >= 0.3 is 0 Å². The molecule has 0 bridgehead atoms. The first-order valence-corrected chi connectivity index (χ1v) is 10.8. The van der Waals surface area contributed by atoms with Crippen LogP contribution >= 0.6 is 0 Å². The van der Waals surface area contributed by atoms with E-state index in [1.54, 1.807) is 12.4 Å². The molecule has 0 saturated carbocycles. The smallest absolute Gasteiger partial charge is 0.290 e. The third kappa shape index (κ3) is 5.36. The van der Waals surface area contributed by atoms with Crippen LogP contribution in [0.4, 0.5) is 5.82 Å². The van der Waals surface area contributed by atoms with E-state index in [1.807, 2.05) is 17.9 Å². The van der Waals surface area contributed by atoms with E-state index in [0.717, 1.165) is 37.3 Å². The molecule has 2 aromatic heterocycles. The molecular weight excluding hydrogens is 380 g/mol. The number of likely N-dealkylation sites (tertiary alicyclic amines) is 1. The van der Waals surface area contributed by atoms with Crippen molar-refractivity contribution in [2.24, 2.45) is 18.9 Å². The highest BCUT2D eigenvalue weighted by molar-refractivity contribution is 5.35. The van der Waals surface area contributed by atoms with Gasteiger partial charge in [-0.3, -0.25) is 19.4 Å². The molecule has 0 aliphatic carbocycles. The van der Waals surface area contributed by atoms with E-state index in [0.29, 0.717) is 0 Å². The molecule has 30 heavy (non-hydrogen) atoms. The Morgan fingerprint density at radius 2 is 1.67 bits per heavy atom. The minimum Gasteiger partial charge on any atom is -0.483 e. The monoisotopic (exact) mass is 414 g/mol. The van der Waals surface area contributed by atoms with Crippen LogP contribution in [0.5, 0.6) is 0 Å². The van der Waals surface area contributed by atoms with E-state index in [9.17, 15) is 0 Å². The summed E-state index contributed by atoms with van der Waals surface area (Å²) in [5.74, 6) is 2.80. The molecule has 2 aliphatic rings. The molecule has 8 heteroatoms. The highest BCUT2D eigenvalue weighted by atomic mass is 16.3. The number of carboxylic acid groups (broad SMARTS) is 1. The Morgan fingerprint density at radius 3 is 2.17 bits per heavy atom. The maximum absolute atomic E-state index is 8.36. The van der Waals surface area contributed by atoms with Gasteiger partial charge in [-0.15, -0.1) is 0 Å². The van der Waals surface area contributed by atoms with Gasteiger partial charge in [-0.25, -0.2) is 4.98 Å². The molecule has 2 saturated heterocycles. The number of anilines is 1. The standard InChI is InChI=1S/C21H32N6.CH2O2/c1-16-20(17(2)25(3)24-16)15-26-10-4-18(5-11-26)19-6-12-27(13-7-19)21-14-22-8-9-23-21;2-1-3/h8-9,14,18-19H,4-7,10-13,15H2,1-3H3;1H,(H,2,3). The van der Waals surface area contributed by atoms with Gasteiger partial charge in [-0.05, 0) is 64.5 Å². The van der Waals surface area contributed by atoms with Crippen molar-refractivity contribution in [1.29, 1.82) is 0 Å². The van der Waals surface area contributed by atoms with Crippen LogP contribution < -0.4 is 4.90 Å². The van der Waals surface area contributed by atoms with Crippen LogP contribution in [0.15, 0.2) is 18.6 Å². The second kappa shape index (κ2) is 10.5. The average molecular weight is 415 g/mol. The Morgan fingerprint density at radius 1 is 1.07 bits per heavy atom. The largest absolute Gasteiger partial charge is 0.483 e. The molecule has 1 N–H and O–H groups in total. The lowest BCUT2D eigenvalue weighted by Crippen LogP contribution is -2.41. The number of aryl methyl sites for hydroxylation is 2. The van der Waals surface area contributed by atoms with Crippen LogP contribution in [-0.2, 0) is 18.4 Å². The molecule has 0 amide bonds. The molecule has 8 nitrogen and oxygen atoms in total. The summed E-state index contributed by atoms with van der Waals surface area (Å²) < 4.78 is 2.02. The normalized spacial score (nSPS) is 18.7. The van der Waals surface area contributed by atoms with E-state index in [4.69, 9.17) is 9.90 Å². The molecule has 164 valence electrons. The summed E-state index contributed by atoms with van der Waals surface area (Å²) in [7, 11) is 2.05. The lowest BCUT2D eigenvalue weighted by atomic mass is 9.78. The second-order valence-corrected chi connectivity index (χ2v) is 8.38. The minimum absolute atomic E-state index is 0.250. The fourth-order valence-electron chi connectivity index (χ4n) is 4.91. The lowest BCUT2D eigenvalue weighted by Gasteiger charge is -2.40. The van der Waals surface area contributed by atoms with Gasteiger partial charge in [0, 0.05) is 50.3 Å². The topological polar surface area (TPSA) is 87.4 Å². The summed E-state index contributed by atoms with van der Waals surface area (Å²) in [5.41, 5.74) is 3.92. The molecular formula is C22H34N6O2. The fraction of sp³-hybridized carbons (Fsp3) is 0.636. The SMILES string of the molecule is Cc1nn(C)c(C)c1CN1CCC(C2CCN(c3cnccn3)CC2)CC1.O=CO. The zero-order chi connectivity index (χ0) is 21.5. The van der Waals surface area contributed by atoms with Gasteiger partial charge in [-0.2, -0.15) is 5.10 Å². The second-order valence-electron chi connectivity index (χ2n) is 8.38. The van der Waals surface area contributed by atoms with Crippen molar-refractivity contribution >= 4 is 12.3 Å². The van der Waals surface area contributed by atoms with Crippen LogP contribution in [0.2, 0.25) is 0 Å². The van der Waals surface area contributed by atoms with Crippen LogP contribution in [0.1, 0.15) is 42.6 Å². The van der Waals surface area contributed by atoms with Gasteiger partial charge in [0.05, 0.1) is 11.9 Å². The van der Waals surface area contributed by atoms with Crippen molar-refractivity contribution in [3.63, 3.8) is 0 Å². The van der Waals surface area contributed by atoms with Crippen LogP contribution in [0.3, 0.4) is 0 Å². The molecule has 2 aliphatic heterocycles. The lowest BCUT2D eigenvalue weighted by molar-refractivity contribution is -0.122. The van der Waals surface area contributed by atoms with Gasteiger partial charge in [0.1, 0.15) is 5.82 Å². The zero-order valence-corrected chi connectivity index (χ0v) is 18.4. The maximum Gasteiger partial charge on any atom is 0.290 e. The van der Waals surface area contributed by atoms with Gasteiger partial charge < -0.3 is 10.0 Å². The summed E-state index contributed by atoms with van der Waals surface area (Å²) in [4.78, 5) is 22.0. The Balaban J connectivity index is 0.000000806. The van der Waals surface area contributed by atoms with Crippen molar-refractivity contribution in [3.05, 3.63) is 35.5 Å². The molecule has 0 radical (unpaired) electrons. The van der Waals surface area contributed by atoms with Gasteiger partial charge in [0.25, 0.3) is 6.47 Å². The summed E-state index contributed by atoms with van der Waals surface area (Å²) >= 11 is 0. The molecule has 0 unspecified atom stereocenters. The van der Waals surface area contributed by atoms with Crippen LogP contribution in [0, 0.1) is 25.7 Å². The first-order chi connectivity index (χ1) is 14.5. The highest BCUT2D eigenvalue weighted by Gasteiger charge is 2.30. The number of carbonyl (C=O) groups is 1. The Hall–Kier alpha value is -2.48. The maximum atomic E-state index is 8.36. The van der Waals surface area contributed by atoms with E-state index in [1.165, 1.54) is 55.7 Å². The number of nitrogens with zero attached hydrogens (tertiary/aromatic N) is 6.